The van der Waals surface area contributed by atoms with Gasteiger partial charge in [0.15, 0.2) is 0 Å². The van der Waals surface area contributed by atoms with Crippen LogP contribution in [0.3, 0.4) is 0 Å². The van der Waals surface area contributed by atoms with Crippen molar-refractivity contribution in [2.75, 3.05) is 13.1 Å². The van der Waals surface area contributed by atoms with Crippen molar-refractivity contribution in [1.29, 1.82) is 0 Å². The molecule has 0 aliphatic heterocycles. The summed E-state index contributed by atoms with van der Waals surface area (Å²) < 4.78 is 26.8. The van der Waals surface area contributed by atoms with Crippen LogP contribution in [0.5, 0.6) is 0 Å². The van der Waals surface area contributed by atoms with Crippen LogP contribution in [0, 0.1) is 0 Å². The molecule has 5 nitrogen and oxygen atoms in total. The second-order valence-electron chi connectivity index (χ2n) is 5.67. The highest BCUT2D eigenvalue weighted by Gasteiger charge is 2.24. The number of benzene rings is 1. The van der Waals surface area contributed by atoms with Gasteiger partial charge in [-0.15, -0.1) is 0 Å². The van der Waals surface area contributed by atoms with Crippen LogP contribution in [-0.2, 0) is 14.8 Å². The van der Waals surface area contributed by atoms with Crippen molar-refractivity contribution in [2.45, 2.75) is 38.1 Å². The minimum absolute atomic E-state index is 0.0387. The van der Waals surface area contributed by atoms with Gasteiger partial charge in [-0.2, -0.15) is 0 Å². The van der Waals surface area contributed by atoms with Gasteiger partial charge in [0.25, 0.3) is 0 Å². The van der Waals surface area contributed by atoms with E-state index < -0.39 is 10.0 Å². The van der Waals surface area contributed by atoms with Crippen molar-refractivity contribution < 1.29 is 13.2 Å². The molecule has 0 spiro atoms. The molecule has 0 unspecified atom stereocenters. The number of halogens is 1. The molecule has 0 atom stereocenters. The third-order valence-corrected chi connectivity index (χ3v) is 4.90. The van der Waals surface area contributed by atoms with Gasteiger partial charge in [-0.1, -0.05) is 23.7 Å². The molecule has 21 heavy (non-hydrogen) atoms. The molecule has 0 aliphatic rings. The number of sulfonamides is 1. The fraction of sp³-hybridized carbons (Fsp3) is 0.500. The first-order chi connectivity index (χ1) is 9.55. The van der Waals surface area contributed by atoms with Gasteiger partial charge in [-0.05, 0) is 32.9 Å². The lowest BCUT2D eigenvalue weighted by molar-refractivity contribution is -0.133. The molecular formula is C14H21ClN2O3S. The molecule has 0 fully saturated rings. The Morgan fingerprint density at radius 1 is 1.29 bits per heavy atom. The summed E-state index contributed by atoms with van der Waals surface area (Å²) in [6, 6.07) is 6.24. The Morgan fingerprint density at radius 3 is 2.33 bits per heavy atom. The highest BCUT2D eigenvalue weighted by Crippen LogP contribution is 2.20. The Kier molecular flexibility index (Phi) is 5.78. The molecule has 0 saturated heterocycles. The fourth-order valence-electron chi connectivity index (χ4n) is 2.00. The zero-order chi connectivity index (χ0) is 16.3. The van der Waals surface area contributed by atoms with E-state index in [0.29, 0.717) is 6.54 Å². The summed E-state index contributed by atoms with van der Waals surface area (Å²) in [5, 5.41) is 0.171. The van der Waals surface area contributed by atoms with Gasteiger partial charge in [0, 0.05) is 25.6 Å². The SMILES string of the molecule is CC(=O)N(CCNS(=O)(=O)c1ccccc1Cl)C(C)(C)C. The van der Waals surface area contributed by atoms with Gasteiger partial charge in [0.1, 0.15) is 4.90 Å². The van der Waals surface area contributed by atoms with E-state index in [4.69, 9.17) is 11.6 Å². The molecule has 0 bridgehead atoms. The van der Waals surface area contributed by atoms with Crippen LogP contribution < -0.4 is 4.72 Å². The zero-order valence-electron chi connectivity index (χ0n) is 12.7. The minimum Gasteiger partial charge on any atom is -0.337 e. The van der Waals surface area contributed by atoms with E-state index in [1.165, 1.54) is 19.1 Å². The Balaban J connectivity index is 2.75. The van der Waals surface area contributed by atoms with Crippen molar-refractivity contribution >= 4 is 27.5 Å². The van der Waals surface area contributed by atoms with Gasteiger partial charge < -0.3 is 4.90 Å². The van der Waals surface area contributed by atoms with Gasteiger partial charge in [-0.25, -0.2) is 13.1 Å². The van der Waals surface area contributed by atoms with Gasteiger partial charge in [0.05, 0.1) is 5.02 Å². The van der Waals surface area contributed by atoms with Crippen LogP contribution >= 0.6 is 11.6 Å². The molecule has 0 aliphatic carbocycles. The third kappa shape index (κ3) is 4.98. The van der Waals surface area contributed by atoms with Crippen LogP contribution in [0.25, 0.3) is 0 Å². The highest BCUT2D eigenvalue weighted by atomic mass is 35.5. The number of nitrogens with zero attached hydrogens (tertiary/aromatic N) is 1. The van der Waals surface area contributed by atoms with Gasteiger partial charge in [0.2, 0.25) is 15.9 Å². The Hall–Kier alpha value is -1.11. The molecule has 1 amide bonds. The van der Waals surface area contributed by atoms with Crippen molar-refractivity contribution in [3.05, 3.63) is 29.3 Å². The monoisotopic (exact) mass is 332 g/mol. The van der Waals surface area contributed by atoms with Crippen LogP contribution in [-0.4, -0.2) is 37.9 Å². The number of carbonyl (C=O) groups is 1. The predicted molar refractivity (Wildman–Crippen MR) is 83.8 cm³/mol. The Bertz CT molecular complexity index is 609. The maximum atomic E-state index is 12.2. The molecule has 0 heterocycles. The van der Waals surface area contributed by atoms with Gasteiger partial charge in [-0.3, -0.25) is 4.79 Å². The molecule has 1 N–H and O–H groups in total. The summed E-state index contributed by atoms with van der Waals surface area (Å²) in [5.74, 6) is -0.0977. The van der Waals surface area contributed by atoms with E-state index in [0.717, 1.165) is 0 Å². The second-order valence-corrected chi connectivity index (χ2v) is 7.81. The summed E-state index contributed by atoms with van der Waals surface area (Å²) in [4.78, 5) is 13.2. The number of carbonyl (C=O) groups excluding carboxylic acids is 1. The number of rotatable bonds is 5. The lowest BCUT2D eigenvalue weighted by atomic mass is 10.1. The molecule has 0 saturated carbocycles. The highest BCUT2D eigenvalue weighted by molar-refractivity contribution is 7.89. The van der Waals surface area contributed by atoms with Gasteiger partial charge >= 0.3 is 0 Å². The van der Waals surface area contributed by atoms with Crippen LogP contribution in [0.4, 0.5) is 0 Å². The number of hydrogen-bond donors (Lipinski definition) is 1. The van der Waals surface area contributed by atoms with E-state index in [-0.39, 0.29) is 27.9 Å². The topological polar surface area (TPSA) is 66.5 Å². The average Bonchev–Trinajstić information content (AvgIpc) is 2.32. The quantitative estimate of drug-likeness (QED) is 0.899. The lowest BCUT2D eigenvalue weighted by Gasteiger charge is -2.35. The first-order valence-corrected chi connectivity index (χ1v) is 8.44. The summed E-state index contributed by atoms with van der Waals surface area (Å²) >= 11 is 5.89. The van der Waals surface area contributed by atoms with E-state index in [2.05, 4.69) is 4.72 Å². The number of amides is 1. The zero-order valence-corrected chi connectivity index (χ0v) is 14.3. The van der Waals surface area contributed by atoms with Crippen LogP contribution in [0.2, 0.25) is 5.02 Å². The molecule has 1 aromatic carbocycles. The van der Waals surface area contributed by atoms with E-state index in [1.54, 1.807) is 17.0 Å². The lowest BCUT2D eigenvalue weighted by Crippen LogP contribution is -2.48. The van der Waals surface area contributed by atoms with Crippen LogP contribution in [0.1, 0.15) is 27.7 Å². The number of hydrogen-bond acceptors (Lipinski definition) is 3. The van der Waals surface area contributed by atoms with E-state index in [1.807, 2.05) is 20.8 Å². The maximum Gasteiger partial charge on any atom is 0.242 e. The Labute approximate surface area is 131 Å². The van der Waals surface area contributed by atoms with Crippen molar-refractivity contribution in [2.24, 2.45) is 0 Å². The standard InChI is InChI=1S/C14H21ClN2O3S/c1-11(18)17(14(2,3)4)10-9-16-21(19,20)13-8-6-5-7-12(13)15/h5-8,16H,9-10H2,1-4H3. The molecule has 0 radical (unpaired) electrons. The predicted octanol–water partition coefficient (Wildman–Crippen LogP) is 2.27. The third-order valence-electron chi connectivity index (χ3n) is 2.94. The Morgan fingerprint density at radius 2 is 1.86 bits per heavy atom. The smallest absolute Gasteiger partial charge is 0.242 e. The average molecular weight is 333 g/mol. The normalized spacial score (nSPS) is 12.2. The first-order valence-electron chi connectivity index (χ1n) is 6.58. The minimum atomic E-state index is -3.68. The maximum absolute atomic E-state index is 12.2. The van der Waals surface area contributed by atoms with Crippen molar-refractivity contribution in [3.63, 3.8) is 0 Å². The fourth-order valence-corrected chi connectivity index (χ4v) is 3.54. The first kappa shape index (κ1) is 17.9. The largest absolute Gasteiger partial charge is 0.337 e. The summed E-state index contributed by atoms with van der Waals surface area (Å²) in [6.45, 7) is 7.59. The van der Waals surface area contributed by atoms with Crippen molar-refractivity contribution in [3.8, 4) is 0 Å². The molecule has 0 aromatic heterocycles. The summed E-state index contributed by atoms with van der Waals surface area (Å²) in [6.07, 6.45) is 0. The summed E-state index contributed by atoms with van der Waals surface area (Å²) in [7, 11) is -3.68. The summed E-state index contributed by atoms with van der Waals surface area (Å²) in [5.41, 5.74) is -0.359. The second kappa shape index (κ2) is 6.77. The van der Waals surface area contributed by atoms with E-state index >= 15 is 0 Å². The number of nitrogens with one attached hydrogen (secondary N) is 1. The molecule has 118 valence electrons. The molecule has 7 heteroatoms. The molecule has 1 rings (SSSR count). The molecule has 1 aromatic rings. The van der Waals surface area contributed by atoms with Crippen molar-refractivity contribution in [1.82, 2.24) is 9.62 Å². The van der Waals surface area contributed by atoms with Crippen LogP contribution in [0.15, 0.2) is 29.2 Å². The van der Waals surface area contributed by atoms with E-state index in [9.17, 15) is 13.2 Å². The molecular weight excluding hydrogens is 312 g/mol.